The van der Waals surface area contributed by atoms with Crippen LogP contribution in [0, 0.1) is 11.3 Å². The topological polar surface area (TPSA) is 64.4 Å². The van der Waals surface area contributed by atoms with Gasteiger partial charge in [0.2, 0.25) is 10.0 Å². The number of rotatable bonds is 4. The lowest BCUT2D eigenvalue weighted by Gasteiger charge is -2.36. The first kappa shape index (κ1) is 16.0. The van der Waals surface area contributed by atoms with E-state index in [0.29, 0.717) is 30.3 Å². The van der Waals surface area contributed by atoms with Crippen LogP contribution in [0.15, 0.2) is 24.3 Å². The second-order valence-corrected chi connectivity index (χ2v) is 7.52. The smallest absolute Gasteiger partial charge is 0.218 e. The summed E-state index contributed by atoms with van der Waals surface area (Å²) in [6, 6.07) is 9.37. The first-order valence-electron chi connectivity index (χ1n) is 7.14. The molecule has 0 aromatic heterocycles. The van der Waals surface area contributed by atoms with Gasteiger partial charge < -0.3 is 0 Å². The summed E-state index contributed by atoms with van der Waals surface area (Å²) < 4.78 is 26.5. The van der Waals surface area contributed by atoms with E-state index in [1.54, 1.807) is 28.6 Å². The Hall–Kier alpha value is -1.42. The molecule has 1 heterocycles. The van der Waals surface area contributed by atoms with Gasteiger partial charge >= 0.3 is 0 Å². The largest absolute Gasteiger partial charge is 0.298 e. The van der Waals surface area contributed by atoms with E-state index < -0.39 is 10.0 Å². The molecule has 2 rings (SSSR count). The third-order valence-corrected chi connectivity index (χ3v) is 5.70. The van der Waals surface area contributed by atoms with Crippen LogP contribution in [0.3, 0.4) is 0 Å². The van der Waals surface area contributed by atoms with E-state index in [0.717, 1.165) is 13.1 Å². The summed E-state index contributed by atoms with van der Waals surface area (Å²) >= 11 is 0. The average Bonchev–Trinajstić information content (AvgIpc) is 2.47. The maximum absolute atomic E-state index is 12.5. The molecule has 0 amide bonds. The number of nitriles is 1. The molecular formula is C15H21N3O2S. The van der Waals surface area contributed by atoms with Gasteiger partial charge in [-0.15, -0.1) is 0 Å². The summed E-state index contributed by atoms with van der Waals surface area (Å²) in [5, 5.41) is 9.06. The molecule has 1 aromatic rings. The van der Waals surface area contributed by atoms with Crippen molar-refractivity contribution in [2.45, 2.75) is 25.6 Å². The number of hydrogen-bond donors (Lipinski definition) is 0. The van der Waals surface area contributed by atoms with Crippen LogP contribution in [0.1, 0.15) is 25.0 Å². The molecule has 0 atom stereocenters. The summed E-state index contributed by atoms with van der Waals surface area (Å²) in [7, 11) is -3.36. The van der Waals surface area contributed by atoms with Gasteiger partial charge in [-0.1, -0.05) is 18.2 Å². The Morgan fingerprint density at radius 1 is 1.19 bits per heavy atom. The van der Waals surface area contributed by atoms with Crippen molar-refractivity contribution in [3.8, 4) is 6.07 Å². The monoisotopic (exact) mass is 307 g/mol. The number of piperazine rings is 1. The first-order valence-corrected chi connectivity index (χ1v) is 8.75. The second-order valence-electron chi connectivity index (χ2n) is 5.55. The molecule has 1 aromatic carbocycles. The second kappa shape index (κ2) is 6.56. The molecule has 0 unspecified atom stereocenters. The Morgan fingerprint density at radius 3 is 2.38 bits per heavy atom. The Balaban J connectivity index is 2.08. The molecule has 0 N–H and O–H groups in total. The summed E-state index contributed by atoms with van der Waals surface area (Å²) in [4.78, 5) is 2.27. The highest BCUT2D eigenvalue weighted by Gasteiger charge is 2.28. The van der Waals surface area contributed by atoms with Crippen molar-refractivity contribution in [2.75, 3.05) is 26.2 Å². The zero-order chi connectivity index (χ0) is 15.5. The summed E-state index contributed by atoms with van der Waals surface area (Å²) in [5.74, 6) is -0.0988. The fourth-order valence-corrected chi connectivity index (χ4v) is 4.09. The lowest BCUT2D eigenvalue weighted by atomic mass is 10.1. The molecule has 0 spiro atoms. The van der Waals surface area contributed by atoms with Crippen LogP contribution in [0.4, 0.5) is 0 Å². The third kappa shape index (κ3) is 3.82. The van der Waals surface area contributed by atoms with Gasteiger partial charge in [-0.2, -0.15) is 9.57 Å². The molecule has 5 nitrogen and oxygen atoms in total. The molecule has 0 bridgehead atoms. The van der Waals surface area contributed by atoms with Gasteiger partial charge in [0, 0.05) is 32.2 Å². The van der Waals surface area contributed by atoms with Crippen LogP contribution >= 0.6 is 0 Å². The van der Waals surface area contributed by atoms with Gasteiger partial charge in [0.25, 0.3) is 0 Å². The van der Waals surface area contributed by atoms with Crippen molar-refractivity contribution < 1.29 is 8.42 Å². The van der Waals surface area contributed by atoms with Crippen LogP contribution < -0.4 is 0 Å². The van der Waals surface area contributed by atoms with Crippen LogP contribution in [-0.2, 0) is 15.8 Å². The summed E-state index contributed by atoms with van der Waals surface area (Å²) in [5.41, 5.74) is 1.01. The minimum atomic E-state index is -3.36. The van der Waals surface area contributed by atoms with E-state index in [2.05, 4.69) is 24.8 Å². The number of benzene rings is 1. The Kier molecular flexibility index (Phi) is 4.99. The molecule has 1 aliphatic heterocycles. The summed E-state index contributed by atoms with van der Waals surface area (Å²) in [6.45, 7) is 6.80. The summed E-state index contributed by atoms with van der Waals surface area (Å²) in [6.07, 6.45) is 0. The fourth-order valence-electron chi connectivity index (χ4n) is 2.54. The number of sulfonamides is 1. The van der Waals surface area contributed by atoms with E-state index in [1.807, 2.05) is 0 Å². The molecule has 0 saturated carbocycles. The van der Waals surface area contributed by atoms with Crippen LogP contribution in [0.25, 0.3) is 0 Å². The highest BCUT2D eigenvalue weighted by Crippen LogP contribution is 2.17. The maximum atomic E-state index is 12.5. The lowest BCUT2D eigenvalue weighted by molar-refractivity contribution is 0.154. The van der Waals surface area contributed by atoms with E-state index in [-0.39, 0.29) is 5.75 Å². The van der Waals surface area contributed by atoms with Crippen molar-refractivity contribution in [2.24, 2.45) is 0 Å². The van der Waals surface area contributed by atoms with Crippen molar-refractivity contribution in [3.63, 3.8) is 0 Å². The minimum absolute atomic E-state index is 0.0988. The first-order chi connectivity index (χ1) is 9.94. The molecule has 21 heavy (non-hydrogen) atoms. The Bertz CT molecular complexity index is 627. The molecule has 114 valence electrons. The van der Waals surface area contributed by atoms with Gasteiger partial charge in [-0.25, -0.2) is 8.42 Å². The van der Waals surface area contributed by atoms with Crippen LogP contribution in [-0.4, -0.2) is 49.8 Å². The van der Waals surface area contributed by atoms with E-state index in [1.165, 1.54) is 0 Å². The normalized spacial score (nSPS) is 17.8. The molecule has 1 aliphatic rings. The highest BCUT2D eigenvalue weighted by atomic mass is 32.2. The number of hydrogen-bond acceptors (Lipinski definition) is 4. The van der Waals surface area contributed by atoms with Gasteiger partial charge in [-0.05, 0) is 25.5 Å². The Labute approximate surface area is 126 Å². The van der Waals surface area contributed by atoms with Gasteiger partial charge in [0.1, 0.15) is 0 Å². The molecule has 0 radical (unpaired) electrons. The average molecular weight is 307 g/mol. The fraction of sp³-hybridized carbons (Fsp3) is 0.533. The number of nitrogens with zero attached hydrogens (tertiary/aromatic N) is 3. The highest BCUT2D eigenvalue weighted by molar-refractivity contribution is 7.88. The van der Waals surface area contributed by atoms with Gasteiger partial charge in [0.15, 0.2) is 0 Å². The van der Waals surface area contributed by atoms with Gasteiger partial charge in [-0.3, -0.25) is 4.90 Å². The van der Waals surface area contributed by atoms with E-state index in [4.69, 9.17) is 5.26 Å². The molecule has 1 saturated heterocycles. The predicted molar refractivity (Wildman–Crippen MR) is 82.1 cm³/mol. The van der Waals surface area contributed by atoms with Crippen molar-refractivity contribution in [1.29, 1.82) is 5.26 Å². The predicted octanol–water partition coefficient (Wildman–Crippen LogP) is 1.41. The van der Waals surface area contributed by atoms with Crippen molar-refractivity contribution in [3.05, 3.63) is 35.4 Å². The quantitative estimate of drug-likeness (QED) is 0.844. The van der Waals surface area contributed by atoms with Crippen molar-refractivity contribution >= 4 is 10.0 Å². The zero-order valence-corrected chi connectivity index (χ0v) is 13.3. The zero-order valence-electron chi connectivity index (χ0n) is 12.5. The molecule has 1 fully saturated rings. The van der Waals surface area contributed by atoms with Crippen molar-refractivity contribution in [1.82, 2.24) is 9.21 Å². The standard InChI is InChI=1S/C15H21N3O2S/c1-13(2)17-7-9-18(10-8-17)21(19,20)12-15-6-4-3-5-14(15)11-16/h3-6,13H,7-10,12H2,1-2H3. The van der Waals surface area contributed by atoms with E-state index >= 15 is 0 Å². The maximum Gasteiger partial charge on any atom is 0.218 e. The van der Waals surface area contributed by atoms with E-state index in [9.17, 15) is 8.42 Å². The van der Waals surface area contributed by atoms with Crippen LogP contribution in [0.5, 0.6) is 0 Å². The molecule has 6 heteroatoms. The Morgan fingerprint density at radius 2 is 1.81 bits per heavy atom. The molecular weight excluding hydrogens is 286 g/mol. The molecule has 0 aliphatic carbocycles. The SMILES string of the molecule is CC(C)N1CCN(S(=O)(=O)Cc2ccccc2C#N)CC1. The van der Waals surface area contributed by atoms with Crippen LogP contribution in [0.2, 0.25) is 0 Å². The van der Waals surface area contributed by atoms with Gasteiger partial charge in [0.05, 0.1) is 17.4 Å². The lowest BCUT2D eigenvalue weighted by Crippen LogP contribution is -2.50. The minimum Gasteiger partial charge on any atom is -0.298 e. The third-order valence-electron chi connectivity index (χ3n) is 3.87.